The smallest absolute Gasteiger partial charge is 0.123 e. The quantitative estimate of drug-likeness (QED) is 0.872. The van der Waals surface area contributed by atoms with Gasteiger partial charge in [-0.05, 0) is 31.4 Å². The molecule has 118 valence electrons. The number of benzene rings is 1. The van der Waals surface area contributed by atoms with E-state index in [1.807, 2.05) is 12.1 Å². The van der Waals surface area contributed by atoms with Gasteiger partial charge in [-0.25, -0.2) is 0 Å². The number of hydrogen-bond acceptors (Lipinski definition) is 3. The highest BCUT2D eigenvalue weighted by Gasteiger charge is 2.38. The van der Waals surface area contributed by atoms with Crippen LogP contribution in [0.3, 0.4) is 0 Å². The first-order valence-electron chi connectivity index (χ1n) is 8.22. The minimum atomic E-state index is 0.160. The maximum Gasteiger partial charge on any atom is 0.123 e. The second-order valence-electron chi connectivity index (χ2n) is 6.46. The SMILES string of the molecule is CCN(Cc1ccccc1OC)C1(CN)CCCC(C)C1. The summed E-state index contributed by atoms with van der Waals surface area (Å²) in [4.78, 5) is 2.57. The van der Waals surface area contributed by atoms with Crippen molar-refractivity contribution in [2.24, 2.45) is 11.7 Å². The normalized spacial score (nSPS) is 26.0. The van der Waals surface area contributed by atoms with E-state index in [1.165, 1.54) is 31.2 Å². The number of hydrogen-bond donors (Lipinski definition) is 1. The van der Waals surface area contributed by atoms with Crippen LogP contribution in [0.2, 0.25) is 0 Å². The molecular formula is C18H30N2O. The zero-order valence-corrected chi connectivity index (χ0v) is 13.8. The lowest BCUT2D eigenvalue weighted by molar-refractivity contribution is 0.0362. The molecule has 3 heteroatoms. The Morgan fingerprint density at radius 3 is 2.76 bits per heavy atom. The van der Waals surface area contributed by atoms with Crippen molar-refractivity contribution in [1.29, 1.82) is 0 Å². The second kappa shape index (κ2) is 7.28. The summed E-state index contributed by atoms with van der Waals surface area (Å²) in [5.41, 5.74) is 7.65. The molecule has 0 saturated heterocycles. The van der Waals surface area contributed by atoms with Gasteiger partial charge in [0, 0.05) is 24.2 Å². The molecular weight excluding hydrogens is 260 g/mol. The van der Waals surface area contributed by atoms with Crippen molar-refractivity contribution in [2.75, 3.05) is 20.2 Å². The predicted octanol–water partition coefficient (Wildman–Crippen LogP) is 3.42. The van der Waals surface area contributed by atoms with Crippen LogP contribution < -0.4 is 10.5 Å². The van der Waals surface area contributed by atoms with Crippen molar-refractivity contribution in [3.05, 3.63) is 29.8 Å². The van der Waals surface area contributed by atoms with Crippen molar-refractivity contribution < 1.29 is 4.74 Å². The first-order chi connectivity index (χ1) is 10.1. The molecule has 3 nitrogen and oxygen atoms in total. The molecule has 1 aliphatic rings. The number of rotatable bonds is 6. The number of nitrogens with zero attached hydrogens (tertiary/aromatic N) is 1. The number of para-hydroxylation sites is 1. The average molecular weight is 290 g/mol. The topological polar surface area (TPSA) is 38.5 Å². The van der Waals surface area contributed by atoms with E-state index in [4.69, 9.17) is 10.5 Å². The highest BCUT2D eigenvalue weighted by atomic mass is 16.5. The van der Waals surface area contributed by atoms with Crippen molar-refractivity contribution in [3.63, 3.8) is 0 Å². The highest BCUT2D eigenvalue weighted by Crippen LogP contribution is 2.37. The van der Waals surface area contributed by atoms with Crippen LogP contribution in [-0.2, 0) is 6.54 Å². The molecule has 0 aromatic heterocycles. The van der Waals surface area contributed by atoms with E-state index in [-0.39, 0.29) is 5.54 Å². The van der Waals surface area contributed by atoms with Crippen LogP contribution in [0.25, 0.3) is 0 Å². The molecule has 2 unspecified atom stereocenters. The molecule has 1 saturated carbocycles. The fourth-order valence-corrected chi connectivity index (χ4v) is 3.89. The van der Waals surface area contributed by atoms with Gasteiger partial charge in [0.1, 0.15) is 5.75 Å². The largest absolute Gasteiger partial charge is 0.496 e. The van der Waals surface area contributed by atoms with Gasteiger partial charge in [-0.2, -0.15) is 0 Å². The fourth-order valence-electron chi connectivity index (χ4n) is 3.89. The van der Waals surface area contributed by atoms with Crippen LogP contribution in [0.4, 0.5) is 0 Å². The van der Waals surface area contributed by atoms with Gasteiger partial charge < -0.3 is 10.5 Å². The Balaban J connectivity index is 2.21. The lowest BCUT2D eigenvalue weighted by atomic mass is 9.75. The summed E-state index contributed by atoms with van der Waals surface area (Å²) < 4.78 is 5.51. The van der Waals surface area contributed by atoms with Crippen molar-refractivity contribution >= 4 is 0 Å². The lowest BCUT2D eigenvalue weighted by Crippen LogP contribution is -2.55. The zero-order chi connectivity index (χ0) is 15.3. The Hall–Kier alpha value is -1.06. The minimum Gasteiger partial charge on any atom is -0.496 e. The van der Waals surface area contributed by atoms with Crippen LogP contribution in [0.1, 0.15) is 45.1 Å². The van der Waals surface area contributed by atoms with Gasteiger partial charge in [-0.1, -0.05) is 44.9 Å². The summed E-state index contributed by atoms with van der Waals surface area (Å²) >= 11 is 0. The zero-order valence-electron chi connectivity index (χ0n) is 13.8. The van der Waals surface area contributed by atoms with E-state index >= 15 is 0 Å². The van der Waals surface area contributed by atoms with Crippen molar-refractivity contribution in [2.45, 2.75) is 51.6 Å². The molecule has 1 aliphatic carbocycles. The molecule has 2 rings (SSSR count). The Kier molecular flexibility index (Phi) is 5.65. The van der Waals surface area contributed by atoms with Crippen LogP contribution in [0, 0.1) is 5.92 Å². The van der Waals surface area contributed by atoms with Gasteiger partial charge in [-0.15, -0.1) is 0 Å². The van der Waals surface area contributed by atoms with E-state index in [9.17, 15) is 0 Å². The summed E-state index contributed by atoms with van der Waals surface area (Å²) in [7, 11) is 1.75. The van der Waals surface area contributed by atoms with E-state index in [2.05, 4.69) is 30.9 Å². The van der Waals surface area contributed by atoms with Crippen LogP contribution >= 0.6 is 0 Å². The van der Waals surface area contributed by atoms with E-state index in [0.717, 1.165) is 31.3 Å². The number of nitrogens with two attached hydrogens (primary N) is 1. The molecule has 21 heavy (non-hydrogen) atoms. The Bertz CT molecular complexity index is 449. The fraction of sp³-hybridized carbons (Fsp3) is 0.667. The monoisotopic (exact) mass is 290 g/mol. The van der Waals surface area contributed by atoms with Crippen molar-refractivity contribution in [1.82, 2.24) is 4.90 Å². The third kappa shape index (κ3) is 3.58. The predicted molar refractivity (Wildman–Crippen MR) is 88.5 cm³/mol. The highest BCUT2D eigenvalue weighted by molar-refractivity contribution is 5.33. The molecule has 1 fully saturated rings. The molecule has 1 aromatic rings. The summed E-state index contributed by atoms with van der Waals surface area (Å²) in [6.07, 6.45) is 5.07. The second-order valence-corrected chi connectivity index (χ2v) is 6.46. The maximum absolute atomic E-state index is 6.23. The molecule has 0 spiro atoms. The van der Waals surface area contributed by atoms with Crippen LogP contribution in [-0.4, -0.2) is 30.6 Å². The van der Waals surface area contributed by atoms with Crippen molar-refractivity contribution in [3.8, 4) is 5.75 Å². The number of likely N-dealkylation sites (N-methyl/N-ethyl adjacent to an activating group) is 1. The summed E-state index contributed by atoms with van der Waals surface area (Å²) in [5, 5.41) is 0. The van der Waals surface area contributed by atoms with Gasteiger partial charge in [0.25, 0.3) is 0 Å². The first-order valence-corrected chi connectivity index (χ1v) is 8.22. The first kappa shape index (κ1) is 16.3. The van der Waals surface area contributed by atoms with E-state index in [0.29, 0.717) is 0 Å². The lowest BCUT2D eigenvalue weighted by Gasteiger charge is -2.47. The van der Waals surface area contributed by atoms with E-state index < -0.39 is 0 Å². The van der Waals surface area contributed by atoms with Gasteiger partial charge in [-0.3, -0.25) is 4.90 Å². The van der Waals surface area contributed by atoms with Crippen LogP contribution in [0.15, 0.2) is 24.3 Å². The Morgan fingerprint density at radius 1 is 1.38 bits per heavy atom. The minimum absolute atomic E-state index is 0.160. The van der Waals surface area contributed by atoms with E-state index in [1.54, 1.807) is 7.11 Å². The van der Waals surface area contributed by atoms with Gasteiger partial charge >= 0.3 is 0 Å². The maximum atomic E-state index is 6.23. The molecule has 0 aliphatic heterocycles. The third-order valence-corrected chi connectivity index (χ3v) is 5.05. The number of ether oxygens (including phenoxy) is 1. The molecule has 2 atom stereocenters. The molecule has 0 radical (unpaired) electrons. The standard InChI is InChI=1S/C18H30N2O/c1-4-20(13-16-9-5-6-10-17(16)21-3)18(14-19)11-7-8-15(2)12-18/h5-6,9-10,15H,4,7-8,11-14,19H2,1-3H3. The van der Waals surface area contributed by atoms with Gasteiger partial charge in [0.15, 0.2) is 0 Å². The number of methoxy groups -OCH3 is 1. The summed E-state index contributed by atoms with van der Waals surface area (Å²) in [6.45, 7) is 7.30. The molecule has 0 heterocycles. The average Bonchev–Trinajstić information content (AvgIpc) is 2.52. The molecule has 0 amide bonds. The van der Waals surface area contributed by atoms with Gasteiger partial charge in [0.05, 0.1) is 7.11 Å². The Morgan fingerprint density at radius 2 is 2.14 bits per heavy atom. The molecule has 2 N–H and O–H groups in total. The molecule has 1 aromatic carbocycles. The van der Waals surface area contributed by atoms with Crippen LogP contribution in [0.5, 0.6) is 5.75 Å². The summed E-state index contributed by atoms with van der Waals surface area (Å²) in [6, 6.07) is 8.32. The third-order valence-electron chi connectivity index (χ3n) is 5.05. The summed E-state index contributed by atoms with van der Waals surface area (Å²) in [5.74, 6) is 1.75. The van der Waals surface area contributed by atoms with Gasteiger partial charge in [0.2, 0.25) is 0 Å². The Labute approximate surface area is 129 Å². The molecule has 0 bridgehead atoms.